The molecular weight excluding hydrogens is 288 g/mol. The number of carbonyl (C=O) groups is 1. The van der Waals surface area contributed by atoms with Crippen molar-refractivity contribution in [1.29, 1.82) is 0 Å². The first-order valence-electron chi connectivity index (χ1n) is 9.01. The van der Waals surface area contributed by atoms with Gasteiger partial charge in [-0.25, -0.2) is 0 Å². The Morgan fingerprint density at radius 3 is 2.78 bits per heavy atom. The summed E-state index contributed by atoms with van der Waals surface area (Å²) in [6.45, 7) is 2.70. The Morgan fingerprint density at radius 1 is 1.22 bits per heavy atom. The maximum Gasteiger partial charge on any atom is 0.323 e. The first-order chi connectivity index (χ1) is 11.2. The van der Waals surface area contributed by atoms with E-state index in [0.29, 0.717) is 13.0 Å². The third-order valence-electron chi connectivity index (χ3n) is 4.39. The quantitative estimate of drug-likeness (QED) is 0.513. The number of carbonyl (C=O) groups excluding carboxylic acids is 1. The molecule has 0 spiro atoms. The second-order valence-corrected chi connectivity index (χ2v) is 6.37. The van der Waals surface area contributed by atoms with Crippen molar-refractivity contribution in [3.8, 4) is 0 Å². The summed E-state index contributed by atoms with van der Waals surface area (Å²) in [6, 6.07) is -0.578. The van der Waals surface area contributed by atoms with E-state index in [4.69, 9.17) is 10.5 Å². The lowest BCUT2D eigenvalue weighted by Crippen LogP contribution is -2.37. The fourth-order valence-corrected chi connectivity index (χ4v) is 3.01. The van der Waals surface area contributed by atoms with E-state index >= 15 is 0 Å². The molecule has 1 heterocycles. The molecule has 3 N–H and O–H groups in total. The fraction of sp³-hybridized carbons (Fsp3) is 0.632. The standard InChI is InChI=1S/C19H30N2O2/c1-2-3-4-5-6-9-12-23-19(22)17(20)13-15-14-21-18-11-8-7-10-16(15)18/h10-11,14,17,21H,2-9,12-13,20H2,1H3/t17-/m0/s1. The van der Waals surface area contributed by atoms with E-state index in [1.807, 2.05) is 6.20 Å². The van der Waals surface area contributed by atoms with Crippen LogP contribution in [0.25, 0.3) is 12.2 Å². The Balaban J connectivity index is 1.70. The lowest BCUT2D eigenvalue weighted by atomic mass is 10.0. The van der Waals surface area contributed by atoms with Crippen molar-refractivity contribution >= 4 is 18.1 Å². The summed E-state index contributed by atoms with van der Waals surface area (Å²) in [7, 11) is 0. The van der Waals surface area contributed by atoms with E-state index in [1.165, 1.54) is 30.9 Å². The van der Waals surface area contributed by atoms with Gasteiger partial charge in [-0.1, -0.05) is 51.2 Å². The molecule has 0 aliphatic heterocycles. The van der Waals surface area contributed by atoms with Crippen LogP contribution in [0.2, 0.25) is 0 Å². The lowest BCUT2D eigenvalue weighted by Gasteiger charge is -2.11. The number of H-pyrrole nitrogens is 1. The predicted octanol–water partition coefficient (Wildman–Crippen LogP) is 2.14. The highest BCUT2D eigenvalue weighted by Gasteiger charge is 2.17. The third-order valence-corrected chi connectivity index (χ3v) is 4.39. The molecule has 128 valence electrons. The van der Waals surface area contributed by atoms with Gasteiger partial charge in [0.1, 0.15) is 6.04 Å². The van der Waals surface area contributed by atoms with Gasteiger partial charge in [-0.3, -0.25) is 4.79 Å². The summed E-state index contributed by atoms with van der Waals surface area (Å²) in [6.07, 6.45) is 16.1. The van der Waals surface area contributed by atoms with Gasteiger partial charge < -0.3 is 15.5 Å². The summed E-state index contributed by atoms with van der Waals surface area (Å²) in [5.41, 5.74) is 7.12. The summed E-state index contributed by atoms with van der Waals surface area (Å²) in [5.74, 6) is -0.284. The molecule has 1 aromatic heterocycles. The number of unbranched alkanes of at least 4 members (excludes halogenated alkanes) is 5. The van der Waals surface area contributed by atoms with Gasteiger partial charge >= 0.3 is 5.97 Å². The number of nitrogens with one attached hydrogen (secondary N) is 1. The molecule has 0 fully saturated rings. The molecule has 23 heavy (non-hydrogen) atoms. The van der Waals surface area contributed by atoms with Crippen molar-refractivity contribution in [3.63, 3.8) is 0 Å². The Morgan fingerprint density at radius 2 is 1.96 bits per heavy atom. The van der Waals surface area contributed by atoms with Crippen molar-refractivity contribution in [2.75, 3.05) is 6.61 Å². The number of hydrogen-bond donors (Lipinski definition) is 2. The summed E-state index contributed by atoms with van der Waals surface area (Å²) < 4.78 is 5.31. The van der Waals surface area contributed by atoms with Crippen LogP contribution in [0, 0.1) is 0 Å². The zero-order valence-electron chi connectivity index (χ0n) is 14.3. The monoisotopic (exact) mass is 318 g/mol. The van der Waals surface area contributed by atoms with Crippen LogP contribution in [-0.4, -0.2) is 23.6 Å². The van der Waals surface area contributed by atoms with Gasteiger partial charge in [0.05, 0.1) is 6.61 Å². The van der Waals surface area contributed by atoms with Crippen LogP contribution in [0.3, 0.4) is 0 Å². The molecular formula is C19H30N2O2. The minimum absolute atomic E-state index is 0.284. The molecule has 0 unspecified atom stereocenters. The van der Waals surface area contributed by atoms with E-state index < -0.39 is 6.04 Å². The molecule has 0 saturated carbocycles. The fourth-order valence-electron chi connectivity index (χ4n) is 3.01. The van der Waals surface area contributed by atoms with E-state index in [1.54, 1.807) is 0 Å². The molecule has 0 saturated heterocycles. The molecule has 0 bridgehead atoms. The zero-order valence-corrected chi connectivity index (χ0v) is 14.3. The van der Waals surface area contributed by atoms with Crippen molar-refractivity contribution in [2.24, 2.45) is 5.73 Å². The van der Waals surface area contributed by atoms with Crippen molar-refractivity contribution in [2.45, 2.75) is 70.8 Å². The molecule has 0 amide bonds. The van der Waals surface area contributed by atoms with Gasteiger partial charge in [0.25, 0.3) is 0 Å². The largest absolute Gasteiger partial charge is 0.465 e. The van der Waals surface area contributed by atoms with Crippen LogP contribution >= 0.6 is 0 Å². The third kappa shape index (κ3) is 5.54. The normalized spacial score (nSPS) is 14.5. The highest BCUT2D eigenvalue weighted by molar-refractivity contribution is 5.75. The summed E-state index contributed by atoms with van der Waals surface area (Å²) >= 11 is 0. The molecule has 4 nitrogen and oxygen atoms in total. The zero-order chi connectivity index (χ0) is 16.5. The molecule has 1 aliphatic rings. The van der Waals surface area contributed by atoms with Crippen molar-refractivity contribution < 1.29 is 9.53 Å². The Labute approximate surface area is 138 Å². The molecule has 1 aliphatic carbocycles. The SMILES string of the molecule is CCCCCCCCOC(=O)[C@@H](N)Cc1c[nH]c2c1=CCCC=2. The van der Waals surface area contributed by atoms with Gasteiger partial charge in [0.15, 0.2) is 0 Å². The van der Waals surface area contributed by atoms with Gasteiger partial charge in [-0.15, -0.1) is 0 Å². The van der Waals surface area contributed by atoms with Crippen LogP contribution in [0.15, 0.2) is 6.20 Å². The number of hydrogen-bond acceptors (Lipinski definition) is 3. The highest BCUT2D eigenvalue weighted by Crippen LogP contribution is 2.06. The summed E-state index contributed by atoms with van der Waals surface area (Å²) in [4.78, 5) is 15.2. The second kappa shape index (κ2) is 9.56. The first kappa shape index (κ1) is 17.8. The maximum atomic E-state index is 12.0. The number of aromatic nitrogens is 1. The minimum atomic E-state index is -0.578. The highest BCUT2D eigenvalue weighted by atomic mass is 16.5. The molecule has 0 aromatic carbocycles. The summed E-state index contributed by atoms with van der Waals surface area (Å²) in [5, 5.41) is 2.36. The predicted molar refractivity (Wildman–Crippen MR) is 94.2 cm³/mol. The number of aromatic amines is 1. The minimum Gasteiger partial charge on any atom is -0.465 e. The van der Waals surface area contributed by atoms with Crippen LogP contribution in [0.5, 0.6) is 0 Å². The Kier molecular flexibility index (Phi) is 7.40. The van der Waals surface area contributed by atoms with Crippen LogP contribution in [0.4, 0.5) is 0 Å². The van der Waals surface area contributed by atoms with E-state index in [2.05, 4.69) is 24.1 Å². The molecule has 0 radical (unpaired) electrons. The average molecular weight is 318 g/mol. The van der Waals surface area contributed by atoms with E-state index in [9.17, 15) is 4.79 Å². The molecule has 2 rings (SSSR count). The topological polar surface area (TPSA) is 68.1 Å². The number of nitrogens with two attached hydrogens (primary N) is 1. The Bertz CT molecular complexity index is 603. The van der Waals surface area contributed by atoms with Crippen LogP contribution in [-0.2, 0) is 16.0 Å². The number of ether oxygens (including phenoxy) is 1. The molecule has 1 aromatic rings. The van der Waals surface area contributed by atoms with Crippen LogP contribution < -0.4 is 16.3 Å². The average Bonchev–Trinajstić information content (AvgIpc) is 2.97. The van der Waals surface area contributed by atoms with E-state index in [-0.39, 0.29) is 5.97 Å². The number of fused-ring (bicyclic) bond motifs is 1. The second-order valence-electron chi connectivity index (χ2n) is 6.37. The van der Waals surface area contributed by atoms with Crippen molar-refractivity contribution in [1.82, 2.24) is 4.98 Å². The van der Waals surface area contributed by atoms with Gasteiger partial charge in [-0.05, 0) is 30.0 Å². The first-order valence-corrected chi connectivity index (χ1v) is 9.01. The molecule has 4 heteroatoms. The number of rotatable bonds is 10. The van der Waals surface area contributed by atoms with E-state index in [0.717, 1.165) is 36.6 Å². The van der Waals surface area contributed by atoms with Gasteiger partial charge in [-0.2, -0.15) is 0 Å². The maximum absolute atomic E-state index is 12.0. The lowest BCUT2D eigenvalue weighted by molar-refractivity contribution is -0.145. The number of esters is 1. The van der Waals surface area contributed by atoms with Gasteiger partial charge in [0.2, 0.25) is 0 Å². The molecule has 1 atom stereocenters. The smallest absolute Gasteiger partial charge is 0.323 e. The van der Waals surface area contributed by atoms with Gasteiger partial charge in [0, 0.05) is 18.0 Å². The van der Waals surface area contributed by atoms with Crippen LogP contribution in [0.1, 0.15) is 63.9 Å². The Hall–Kier alpha value is -1.55. The van der Waals surface area contributed by atoms with Crippen molar-refractivity contribution in [3.05, 3.63) is 22.3 Å².